The van der Waals surface area contributed by atoms with Crippen LogP contribution >= 0.6 is 23.2 Å². The average Bonchev–Trinajstić information content (AvgIpc) is 2.10. The molecule has 4 nitrogen and oxygen atoms in total. The molecule has 0 spiro atoms. The molecule has 0 fully saturated rings. The minimum Gasteiger partial charge on any atom is -0.464 e. The summed E-state index contributed by atoms with van der Waals surface area (Å²) in [4.78, 5) is 21.8. The van der Waals surface area contributed by atoms with Gasteiger partial charge in [0.1, 0.15) is 6.61 Å². The van der Waals surface area contributed by atoms with Gasteiger partial charge in [0.2, 0.25) is 0 Å². The smallest absolute Gasteiger partial charge is 0.307 e. The molecule has 0 amide bonds. The molecule has 82 valence electrons. The first kappa shape index (κ1) is 13.5. The van der Waals surface area contributed by atoms with Crippen molar-refractivity contribution in [2.24, 2.45) is 0 Å². The maximum atomic E-state index is 10.9. The molecule has 6 heteroatoms. The van der Waals surface area contributed by atoms with Crippen molar-refractivity contribution in [3.63, 3.8) is 0 Å². The van der Waals surface area contributed by atoms with Gasteiger partial charge in [-0.1, -0.05) is 11.6 Å². The molecule has 0 bridgehead atoms. The van der Waals surface area contributed by atoms with Crippen LogP contribution < -0.4 is 0 Å². The predicted octanol–water partition coefficient (Wildman–Crippen LogP) is 1.68. The fourth-order valence-electron chi connectivity index (χ4n) is 0.669. The number of hydrogen-bond donors (Lipinski definition) is 0. The van der Waals surface area contributed by atoms with Crippen LogP contribution in [0.1, 0.15) is 19.8 Å². The van der Waals surface area contributed by atoms with Gasteiger partial charge in [0.05, 0.1) is 18.7 Å². The second kappa shape index (κ2) is 7.88. The van der Waals surface area contributed by atoms with Crippen LogP contribution in [0.5, 0.6) is 0 Å². The molecular formula is C8H12Cl2O4. The lowest BCUT2D eigenvalue weighted by Gasteiger charge is -2.05. The SMILES string of the molecule is CC(Cl)OC(=O)CCC(=O)OCCCl. The van der Waals surface area contributed by atoms with Gasteiger partial charge in [-0.25, -0.2) is 0 Å². The van der Waals surface area contributed by atoms with Crippen molar-refractivity contribution in [1.29, 1.82) is 0 Å². The molecule has 0 heterocycles. The zero-order valence-corrected chi connectivity index (χ0v) is 9.31. The van der Waals surface area contributed by atoms with E-state index in [1.165, 1.54) is 6.92 Å². The number of hydrogen-bond acceptors (Lipinski definition) is 4. The molecule has 0 aliphatic heterocycles. The van der Waals surface area contributed by atoms with Gasteiger partial charge >= 0.3 is 11.9 Å². The molecule has 1 unspecified atom stereocenters. The Morgan fingerprint density at radius 3 is 2.36 bits per heavy atom. The van der Waals surface area contributed by atoms with Crippen LogP contribution in [0.15, 0.2) is 0 Å². The Morgan fingerprint density at radius 1 is 1.29 bits per heavy atom. The van der Waals surface area contributed by atoms with Crippen molar-refractivity contribution in [3.05, 3.63) is 0 Å². The number of halogens is 2. The molecule has 0 aromatic carbocycles. The second-order valence-corrected chi connectivity index (χ2v) is 3.43. The number of carbonyl (C=O) groups excluding carboxylic acids is 2. The predicted molar refractivity (Wildman–Crippen MR) is 52.3 cm³/mol. The first-order valence-electron chi connectivity index (χ1n) is 4.11. The zero-order valence-electron chi connectivity index (χ0n) is 7.79. The second-order valence-electron chi connectivity index (χ2n) is 2.44. The van der Waals surface area contributed by atoms with E-state index >= 15 is 0 Å². The third-order valence-electron chi connectivity index (χ3n) is 1.17. The maximum absolute atomic E-state index is 10.9. The molecule has 0 saturated carbocycles. The Bertz CT molecular complexity index is 194. The number of ether oxygens (including phenoxy) is 2. The van der Waals surface area contributed by atoms with Crippen LogP contribution in [-0.4, -0.2) is 30.0 Å². The zero-order chi connectivity index (χ0) is 11.0. The van der Waals surface area contributed by atoms with Gasteiger partial charge in [-0.05, 0) is 6.92 Å². The molecular weight excluding hydrogens is 231 g/mol. The summed E-state index contributed by atoms with van der Waals surface area (Å²) >= 11 is 10.7. The summed E-state index contributed by atoms with van der Waals surface area (Å²) in [6.45, 7) is 1.67. The van der Waals surface area contributed by atoms with Gasteiger partial charge in [0.25, 0.3) is 0 Å². The van der Waals surface area contributed by atoms with Crippen LogP contribution in [0.3, 0.4) is 0 Å². The molecule has 0 saturated heterocycles. The van der Waals surface area contributed by atoms with Crippen LogP contribution in [0, 0.1) is 0 Å². The van der Waals surface area contributed by atoms with Gasteiger partial charge in [-0.2, -0.15) is 0 Å². The molecule has 0 aromatic rings. The van der Waals surface area contributed by atoms with E-state index in [-0.39, 0.29) is 25.3 Å². The fraction of sp³-hybridized carbons (Fsp3) is 0.750. The van der Waals surface area contributed by atoms with E-state index in [0.717, 1.165) is 0 Å². The lowest BCUT2D eigenvalue weighted by atomic mass is 10.3. The Morgan fingerprint density at radius 2 is 1.86 bits per heavy atom. The van der Waals surface area contributed by atoms with E-state index in [0.29, 0.717) is 0 Å². The van der Waals surface area contributed by atoms with Crippen molar-refractivity contribution >= 4 is 35.1 Å². The Kier molecular flexibility index (Phi) is 7.61. The Balaban J connectivity index is 3.51. The molecule has 0 aliphatic carbocycles. The van der Waals surface area contributed by atoms with Crippen molar-refractivity contribution in [2.75, 3.05) is 12.5 Å². The van der Waals surface area contributed by atoms with Gasteiger partial charge < -0.3 is 9.47 Å². The Labute approximate surface area is 92.5 Å². The van der Waals surface area contributed by atoms with E-state index in [9.17, 15) is 9.59 Å². The largest absolute Gasteiger partial charge is 0.464 e. The van der Waals surface area contributed by atoms with Crippen molar-refractivity contribution in [3.8, 4) is 0 Å². The van der Waals surface area contributed by atoms with E-state index in [1.807, 2.05) is 0 Å². The maximum Gasteiger partial charge on any atom is 0.307 e. The lowest BCUT2D eigenvalue weighted by Crippen LogP contribution is -2.13. The van der Waals surface area contributed by atoms with Gasteiger partial charge in [-0.15, -0.1) is 11.6 Å². The Hall–Kier alpha value is -0.480. The van der Waals surface area contributed by atoms with Crippen LogP contribution in [0.2, 0.25) is 0 Å². The minimum atomic E-state index is -0.679. The van der Waals surface area contributed by atoms with E-state index in [4.69, 9.17) is 23.2 Å². The van der Waals surface area contributed by atoms with Gasteiger partial charge in [0.15, 0.2) is 5.56 Å². The monoisotopic (exact) mass is 242 g/mol. The lowest BCUT2D eigenvalue weighted by molar-refractivity contribution is -0.150. The molecule has 1 atom stereocenters. The van der Waals surface area contributed by atoms with Crippen LogP contribution in [-0.2, 0) is 19.1 Å². The number of carbonyl (C=O) groups is 2. The molecule has 0 aromatic heterocycles. The van der Waals surface area contributed by atoms with Gasteiger partial charge in [0, 0.05) is 0 Å². The summed E-state index contributed by atoms with van der Waals surface area (Å²) in [5, 5.41) is 0. The first-order valence-corrected chi connectivity index (χ1v) is 5.08. The molecule has 0 rings (SSSR count). The van der Waals surface area contributed by atoms with Crippen LogP contribution in [0.4, 0.5) is 0 Å². The van der Waals surface area contributed by atoms with Crippen molar-refractivity contribution in [2.45, 2.75) is 25.3 Å². The highest BCUT2D eigenvalue weighted by molar-refractivity contribution is 6.20. The molecule has 0 radical (unpaired) electrons. The highest BCUT2D eigenvalue weighted by atomic mass is 35.5. The summed E-state index contributed by atoms with van der Waals surface area (Å²) in [5.74, 6) is -0.741. The van der Waals surface area contributed by atoms with Gasteiger partial charge in [-0.3, -0.25) is 9.59 Å². The standard InChI is InChI=1S/C8H12Cl2O4/c1-6(10)14-8(12)3-2-7(11)13-5-4-9/h6H,2-5H2,1H3. The summed E-state index contributed by atoms with van der Waals surface area (Å²) in [6.07, 6.45) is -0.0441. The third kappa shape index (κ3) is 8.13. The number of esters is 2. The number of rotatable bonds is 6. The molecule has 0 aliphatic rings. The summed E-state index contributed by atoms with van der Waals surface area (Å²) in [7, 11) is 0. The molecule has 0 N–H and O–H groups in total. The minimum absolute atomic E-state index is 0.0146. The highest BCUT2D eigenvalue weighted by Gasteiger charge is 2.10. The van der Waals surface area contributed by atoms with Crippen LogP contribution in [0.25, 0.3) is 0 Å². The molecule has 14 heavy (non-hydrogen) atoms. The van der Waals surface area contributed by atoms with Crippen molar-refractivity contribution in [1.82, 2.24) is 0 Å². The van der Waals surface area contributed by atoms with Crippen molar-refractivity contribution < 1.29 is 19.1 Å². The summed E-state index contributed by atoms with van der Waals surface area (Å²) < 4.78 is 9.23. The summed E-state index contributed by atoms with van der Waals surface area (Å²) in [6, 6.07) is 0. The normalized spacial score (nSPS) is 11.9. The van der Waals surface area contributed by atoms with E-state index in [2.05, 4.69) is 9.47 Å². The number of alkyl halides is 2. The van der Waals surface area contributed by atoms with E-state index < -0.39 is 17.5 Å². The third-order valence-corrected chi connectivity index (χ3v) is 1.41. The average molecular weight is 243 g/mol. The summed E-state index contributed by atoms with van der Waals surface area (Å²) in [5.41, 5.74) is -0.679. The first-order chi connectivity index (χ1) is 6.56. The topological polar surface area (TPSA) is 52.6 Å². The highest BCUT2D eigenvalue weighted by Crippen LogP contribution is 2.01. The van der Waals surface area contributed by atoms with E-state index in [1.54, 1.807) is 0 Å². The quantitative estimate of drug-likeness (QED) is 0.526. The fourth-order valence-corrected chi connectivity index (χ4v) is 0.845.